The minimum atomic E-state index is 0.606. The summed E-state index contributed by atoms with van der Waals surface area (Å²) in [6.07, 6.45) is 1.75. The molecular weight excluding hydrogens is 314 g/mol. The number of nitrogens with zero attached hydrogens (tertiary/aromatic N) is 4. The molecule has 5 nitrogen and oxygen atoms in total. The Bertz CT molecular complexity index is 542. The lowest BCUT2D eigenvalue weighted by Crippen LogP contribution is -2.19. The van der Waals surface area contributed by atoms with Crippen LogP contribution in [0.2, 0.25) is 0 Å². The first-order valence-electron chi connectivity index (χ1n) is 5.42. The van der Waals surface area contributed by atoms with Crippen molar-refractivity contribution >= 4 is 39.0 Å². The van der Waals surface area contributed by atoms with Gasteiger partial charge in [0.15, 0.2) is 0 Å². The second-order valence-electron chi connectivity index (χ2n) is 3.83. The van der Waals surface area contributed by atoms with Crippen LogP contribution in [0.5, 0.6) is 0 Å². The van der Waals surface area contributed by atoms with Gasteiger partial charge in [0.05, 0.1) is 21.7 Å². The molecule has 0 aliphatic heterocycles. The summed E-state index contributed by atoms with van der Waals surface area (Å²) in [7, 11) is 3.79. The molecule has 0 spiro atoms. The monoisotopic (exact) mass is 327 g/mol. The summed E-state index contributed by atoms with van der Waals surface area (Å²) in [5.41, 5.74) is 1.05. The zero-order chi connectivity index (χ0) is 13.1. The SMILES string of the molecule is CNc1ncc(Br)c(N(C)Cc2csc(C)n2)n1. The van der Waals surface area contributed by atoms with Gasteiger partial charge in [0, 0.05) is 25.7 Å². The van der Waals surface area contributed by atoms with Crippen LogP contribution in [0.4, 0.5) is 11.8 Å². The molecule has 0 aliphatic rings. The molecule has 0 unspecified atom stereocenters. The van der Waals surface area contributed by atoms with E-state index in [2.05, 4.69) is 41.6 Å². The second kappa shape index (κ2) is 5.62. The summed E-state index contributed by atoms with van der Waals surface area (Å²) in [6.45, 7) is 2.73. The quantitative estimate of drug-likeness (QED) is 0.935. The molecule has 0 aromatic carbocycles. The van der Waals surface area contributed by atoms with Crippen LogP contribution in [0, 0.1) is 6.92 Å². The van der Waals surface area contributed by atoms with Crippen molar-refractivity contribution in [3.63, 3.8) is 0 Å². The van der Waals surface area contributed by atoms with Gasteiger partial charge in [0.2, 0.25) is 5.95 Å². The topological polar surface area (TPSA) is 53.9 Å². The molecule has 0 amide bonds. The molecule has 0 saturated carbocycles. The molecule has 0 fully saturated rings. The van der Waals surface area contributed by atoms with E-state index in [1.807, 2.05) is 18.9 Å². The van der Waals surface area contributed by atoms with Crippen LogP contribution in [-0.4, -0.2) is 29.0 Å². The van der Waals surface area contributed by atoms with E-state index in [0.29, 0.717) is 5.95 Å². The number of aryl methyl sites for hydroxylation is 1. The Hall–Kier alpha value is -1.21. The molecule has 2 heterocycles. The number of rotatable bonds is 4. The minimum Gasteiger partial charge on any atom is -0.357 e. The van der Waals surface area contributed by atoms with Gasteiger partial charge in [0.1, 0.15) is 5.82 Å². The normalized spacial score (nSPS) is 10.4. The zero-order valence-corrected chi connectivity index (χ0v) is 12.8. The fraction of sp³-hybridized carbons (Fsp3) is 0.364. The molecule has 0 aliphatic carbocycles. The Morgan fingerprint density at radius 2 is 2.22 bits per heavy atom. The van der Waals surface area contributed by atoms with Crippen LogP contribution in [0.25, 0.3) is 0 Å². The van der Waals surface area contributed by atoms with Crippen LogP contribution < -0.4 is 10.2 Å². The largest absolute Gasteiger partial charge is 0.357 e. The first-order valence-corrected chi connectivity index (χ1v) is 7.10. The molecule has 0 atom stereocenters. The molecule has 2 rings (SSSR count). The number of hydrogen-bond donors (Lipinski definition) is 1. The van der Waals surface area contributed by atoms with Crippen molar-refractivity contribution in [2.45, 2.75) is 13.5 Å². The molecule has 96 valence electrons. The third-order valence-corrected chi connectivity index (χ3v) is 3.76. The molecule has 7 heteroatoms. The molecule has 0 radical (unpaired) electrons. The van der Waals surface area contributed by atoms with Gasteiger partial charge in [-0.1, -0.05) is 0 Å². The minimum absolute atomic E-state index is 0.606. The van der Waals surface area contributed by atoms with E-state index < -0.39 is 0 Å². The first-order chi connectivity index (χ1) is 8.60. The average molecular weight is 328 g/mol. The van der Waals surface area contributed by atoms with Crippen LogP contribution in [-0.2, 0) is 6.54 Å². The number of nitrogens with one attached hydrogen (secondary N) is 1. The van der Waals surface area contributed by atoms with Crippen molar-refractivity contribution in [2.24, 2.45) is 0 Å². The maximum absolute atomic E-state index is 4.45. The Morgan fingerprint density at radius 1 is 1.44 bits per heavy atom. The lowest BCUT2D eigenvalue weighted by Gasteiger charge is -2.18. The maximum atomic E-state index is 4.45. The predicted octanol–water partition coefficient (Wildman–Crippen LogP) is 2.68. The lowest BCUT2D eigenvalue weighted by molar-refractivity contribution is 0.862. The van der Waals surface area contributed by atoms with Gasteiger partial charge in [-0.15, -0.1) is 11.3 Å². The maximum Gasteiger partial charge on any atom is 0.224 e. The fourth-order valence-corrected chi connectivity index (χ4v) is 2.64. The average Bonchev–Trinajstić information content (AvgIpc) is 2.75. The van der Waals surface area contributed by atoms with Crippen molar-refractivity contribution in [3.05, 3.63) is 26.8 Å². The Balaban J connectivity index is 2.20. The van der Waals surface area contributed by atoms with Crippen LogP contribution in [0.1, 0.15) is 10.7 Å². The molecule has 0 bridgehead atoms. The lowest BCUT2D eigenvalue weighted by atomic mass is 10.4. The number of anilines is 2. The van der Waals surface area contributed by atoms with Gasteiger partial charge >= 0.3 is 0 Å². The highest BCUT2D eigenvalue weighted by Crippen LogP contribution is 2.24. The highest BCUT2D eigenvalue weighted by atomic mass is 79.9. The Labute approximate surface area is 118 Å². The molecule has 0 saturated heterocycles. The predicted molar refractivity (Wildman–Crippen MR) is 78.2 cm³/mol. The standard InChI is InChI=1S/C11H14BrN5S/c1-7-15-8(6-18-7)5-17(3)10-9(12)4-14-11(13-2)16-10/h4,6H,5H2,1-3H3,(H,13,14,16). The van der Waals surface area contributed by atoms with E-state index in [1.165, 1.54) is 0 Å². The smallest absolute Gasteiger partial charge is 0.224 e. The summed E-state index contributed by atoms with van der Waals surface area (Å²) in [5, 5.41) is 6.08. The van der Waals surface area contributed by atoms with Crippen LogP contribution in [0.15, 0.2) is 16.0 Å². The molecule has 1 N–H and O–H groups in total. The van der Waals surface area contributed by atoms with E-state index in [-0.39, 0.29) is 0 Å². The van der Waals surface area contributed by atoms with Crippen molar-refractivity contribution in [3.8, 4) is 0 Å². The van der Waals surface area contributed by atoms with Gasteiger partial charge in [-0.3, -0.25) is 0 Å². The first kappa shape index (κ1) is 13.2. The van der Waals surface area contributed by atoms with E-state index in [1.54, 1.807) is 24.6 Å². The van der Waals surface area contributed by atoms with Crippen molar-refractivity contribution in [1.82, 2.24) is 15.0 Å². The molecule has 2 aromatic heterocycles. The number of halogens is 1. The van der Waals surface area contributed by atoms with Gasteiger partial charge in [-0.05, 0) is 22.9 Å². The van der Waals surface area contributed by atoms with E-state index in [9.17, 15) is 0 Å². The molecule has 2 aromatic rings. The third-order valence-electron chi connectivity index (χ3n) is 2.38. The molecule has 18 heavy (non-hydrogen) atoms. The second-order valence-corrected chi connectivity index (χ2v) is 5.75. The Kier molecular flexibility index (Phi) is 4.13. The van der Waals surface area contributed by atoms with Gasteiger partial charge in [-0.2, -0.15) is 4.98 Å². The van der Waals surface area contributed by atoms with Gasteiger partial charge < -0.3 is 10.2 Å². The fourth-order valence-electron chi connectivity index (χ4n) is 1.55. The summed E-state index contributed by atoms with van der Waals surface area (Å²) < 4.78 is 0.871. The summed E-state index contributed by atoms with van der Waals surface area (Å²) in [4.78, 5) is 15.1. The number of thiazole rings is 1. The number of hydrogen-bond acceptors (Lipinski definition) is 6. The highest BCUT2D eigenvalue weighted by molar-refractivity contribution is 9.10. The number of aromatic nitrogens is 3. The van der Waals surface area contributed by atoms with E-state index >= 15 is 0 Å². The molecular formula is C11H14BrN5S. The van der Waals surface area contributed by atoms with Crippen molar-refractivity contribution in [2.75, 3.05) is 24.3 Å². The highest BCUT2D eigenvalue weighted by Gasteiger charge is 2.11. The van der Waals surface area contributed by atoms with Crippen molar-refractivity contribution < 1.29 is 0 Å². The van der Waals surface area contributed by atoms with E-state index in [0.717, 1.165) is 27.5 Å². The van der Waals surface area contributed by atoms with Crippen LogP contribution in [0.3, 0.4) is 0 Å². The summed E-state index contributed by atoms with van der Waals surface area (Å²) >= 11 is 5.13. The third kappa shape index (κ3) is 2.97. The summed E-state index contributed by atoms with van der Waals surface area (Å²) in [5.74, 6) is 1.45. The Morgan fingerprint density at radius 3 is 2.83 bits per heavy atom. The van der Waals surface area contributed by atoms with E-state index in [4.69, 9.17) is 0 Å². The van der Waals surface area contributed by atoms with Crippen LogP contribution >= 0.6 is 27.3 Å². The van der Waals surface area contributed by atoms with Gasteiger partial charge in [-0.25, -0.2) is 9.97 Å². The van der Waals surface area contributed by atoms with Crippen molar-refractivity contribution in [1.29, 1.82) is 0 Å². The van der Waals surface area contributed by atoms with Gasteiger partial charge in [0.25, 0.3) is 0 Å². The zero-order valence-electron chi connectivity index (χ0n) is 10.4. The summed E-state index contributed by atoms with van der Waals surface area (Å²) in [6, 6.07) is 0.